The van der Waals surface area contributed by atoms with Crippen LogP contribution in [0.25, 0.3) is 11.3 Å². The van der Waals surface area contributed by atoms with Gasteiger partial charge in [0, 0.05) is 60.3 Å². The molecule has 3 aliphatic heterocycles. The molecule has 460 valence electrons. The number of hydrogen-bond donors (Lipinski definition) is 5. The van der Waals surface area contributed by atoms with Crippen LogP contribution >= 0.6 is 12.4 Å². The average Bonchev–Trinajstić information content (AvgIpc) is 1.80. The van der Waals surface area contributed by atoms with E-state index in [0.717, 1.165) is 46.9 Å². The molecule has 21 nitrogen and oxygen atoms in total. The van der Waals surface area contributed by atoms with Crippen LogP contribution in [-0.4, -0.2) is 90.9 Å². The number of nitrogens with zero attached hydrogens (tertiary/aromatic N) is 7. The highest BCUT2D eigenvalue weighted by Crippen LogP contribution is 2.36. The molecule has 1 unspecified atom stereocenters. The second kappa shape index (κ2) is 27.6. The second-order valence-electron chi connectivity index (χ2n) is 23.5. The molecule has 5 aromatic heterocycles. The van der Waals surface area contributed by atoms with E-state index in [-0.39, 0.29) is 67.0 Å². The minimum Gasteiger partial charge on any atom is -0.465 e. The fourth-order valence-corrected chi connectivity index (χ4v) is 10.1. The van der Waals surface area contributed by atoms with Gasteiger partial charge in [-0.05, 0) is 143 Å². The van der Waals surface area contributed by atoms with E-state index in [9.17, 15) is 28.8 Å². The molecule has 3 aliphatic rings. The summed E-state index contributed by atoms with van der Waals surface area (Å²) in [7, 11) is 0. The third-order valence-corrected chi connectivity index (χ3v) is 15.0. The number of aromatic amines is 3. The van der Waals surface area contributed by atoms with E-state index in [1.807, 2.05) is 111 Å². The molecule has 0 spiro atoms. The smallest absolute Gasteiger partial charge is 0.411 e. The Morgan fingerprint density at radius 3 is 1.49 bits per heavy atom. The van der Waals surface area contributed by atoms with Crippen molar-refractivity contribution >= 4 is 53.5 Å². The van der Waals surface area contributed by atoms with E-state index in [4.69, 9.17) is 15.2 Å². The largest absolute Gasteiger partial charge is 0.465 e. The maximum atomic E-state index is 13.0. The van der Waals surface area contributed by atoms with Crippen LogP contribution in [0.5, 0.6) is 0 Å². The average molecular weight is 1200 g/mol. The number of amides is 2. The van der Waals surface area contributed by atoms with Crippen molar-refractivity contribution < 1.29 is 33.4 Å². The number of H-pyrrole nitrogens is 3. The van der Waals surface area contributed by atoms with Crippen molar-refractivity contribution in [3.8, 4) is 0 Å². The summed E-state index contributed by atoms with van der Waals surface area (Å²) >= 11 is 0. The summed E-state index contributed by atoms with van der Waals surface area (Å²) in [4.78, 5) is 84.4. The Morgan fingerprint density at radius 2 is 1.06 bits per heavy atom. The first kappa shape index (κ1) is 66.6. The highest BCUT2D eigenvalue weighted by molar-refractivity contribution is 5.97. The highest BCUT2D eigenvalue weighted by Gasteiger charge is 2.37. The third-order valence-electron chi connectivity index (χ3n) is 15.0. The Bertz CT molecular complexity index is 3850. The normalized spacial score (nSPS) is 16.3. The predicted octanol–water partition coefficient (Wildman–Crippen LogP) is 10.6. The molecule has 8 heterocycles. The Kier molecular flexibility index (Phi) is 21.4. The number of hydrogen-bond acceptors (Lipinski definition) is 14. The summed E-state index contributed by atoms with van der Waals surface area (Å²) in [6.07, 6.45) is 1.55. The molecule has 0 aliphatic carbocycles. The lowest BCUT2D eigenvalue weighted by molar-refractivity contribution is -0.150. The number of nitrogens with two attached hydrogens (primary N) is 1. The van der Waals surface area contributed by atoms with Gasteiger partial charge < -0.3 is 25.3 Å². The van der Waals surface area contributed by atoms with Gasteiger partial charge in [0.2, 0.25) is 0 Å². The van der Waals surface area contributed by atoms with Gasteiger partial charge in [-0.3, -0.25) is 44.3 Å². The molecular weight excluding hydrogens is 1120 g/mol. The zero-order chi connectivity index (χ0) is 60.9. The predicted molar refractivity (Wildman–Crippen MR) is 333 cm³/mol. The molecule has 0 saturated heterocycles. The Hall–Kier alpha value is -8.56. The number of carbonyl (C=O) groups excluding carboxylic acids is 4. The van der Waals surface area contributed by atoms with Crippen molar-refractivity contribution in [3.63, 3.8) is 0 Å². The minimum absolute atomic E-state index is 0. The van der Waals surface area contributed by atoms with Crippen molar-refractivity contribution in [3.05, 3.63) is 185 Å². The van der Waals surface area contributed by atoms with Gasteiger partial charge in [0.1, 0.15) is 28.7 Å². The standard InChI is InChI=1S/C22H26N4O3.C17H22N4O2.C17H18N4O.C7H12O3.CH4.ClH/c1-13-14(2)23-19-11-17(24-26(19)20(13)27)18-10-15-8-6-7-9-16(15)12-25(18)21(28)29-22(3,4)5;1-17(2,3)23-16(22)21-10-12-7-5-4-6-11(12)8-14(21)13-9-15(18)20-19-13;1-10-11(2)19-16-8-15(20-21(16)17(10)22)14-7-12-5-3-4-6-13(12)9-18-14;1-4-10-7(9)5(2)6(3)8;;/h6-9,11,18,24H,10,12H2,1-5H3;4-7,9,14H,8,10H2,1-3H3,(H3,18,19,20);3-6,8,14,18,20H,7,9H2,1-2H3;5H,4H2,1-3H3;1H4;1H/t18-;2*14-;;;/m000.../s1. The van der Waals surface area contributed by atoms with Crippen molar-refractivity contribution in [1.82, 2.24) is 54.5 Å². The number of aromatic nitrogens is 8. The molecule has 2 amide bonds. The first-order valence-corrected chi connectivity index (χ1v) is 28.3. The van der Waals surface area contributed by atoms with Gasteiger partial charge in [0.25, 0.3) is 11.1 Å². The van der Waals surface area contributed by atoms with E-state index in [1.165, 1.54) is 33.7 Å². The SMILES string of the molecule is C.CC(C)(C)OC(=O)N1Cc2ccccc2C[C@H]1c1cc(N)n[nH]1.CCOC(=O)C(C)C(C)=O.Cc1nc2cc([C@@H]3Cc4ccccc4CN3)[nH]n2c(=O)c1C.Cc1nc2cc([C@@H]3Cc4ccccc4CN3C(=O)OC(C)(C)C)[nH]n2c(=O)c1C.Cl. The number of anilines is 1. The number of esters is 1. The van der Waals surface area contributed by atoms with Crippen LogP contribution in [-0.2, 0) is 62.7 Å². The summed E-state index contributed by atoms with van der Waals surface area (Å²) < 4.78 is 18.8. The zero-order valence-electron chi connectivity index (χ0n) is 50.7. The van der Waals surface area contributed by atoms with Gasteiger partial charge in [0.05, 0.1) is 41.8 Å². The number of carbonyl (C=O) groups is 4. The molecular formula is C64H83ClN12O9. The summed E-state index contributed by atoms with van der Waals surface area (Å²) in [6, 6.07) is 30.0. The summed E-state index contributed by atoms with van der Waals surface area (Å²) in [6.45, 7) is 25.2. The lowest BCUT2D eigenvalue weighted by atomic mass is 9.92. The molecule has 11 rings (SSSR count). The van der Waals surface area contributed by atoms with Gasteiger partial charge in [-0.2, -0.15) is 5.10 Å². The van der Waals surface area contributed by atoms with Crippen molar-refractivity contribution in [2.24, 2.45) is 5.92 Å². The number of ketones is 1. The number of Topliss-reactive ketones (excluding diaryl/α,β-unsaturated/α-hetero) is 1. The Balaban J connectivity index is 0.000000191. The number of halogens is 1. The first-order chi connectivity index (χ1) is 39.7. The minimum atomic E-state index is -0.611. The lowest BCUT2D eigenvalue weighted by Gasteiger charge is -2.37. The molecule has 3 aromatic carbocycles. The van der Waals surface area contributed by atoms with E-state index in [2.05, 4.69) is 76.8 Å². The molecule has 0 saturated carbocycles. The Labute approximate surface area is 507 Å². The second-order valence-corrected chi connectivity index (χ2v) is 23.5. The molecule has 4 atom stereocenters. The third kappa shape index (κ3) is 15.6. The van der Waals surface area contributed by atoms with Crippen molar-refractivity contribution in [1.29, 1.82) is 0 Å². The van der Waals surface area contributed by atoms with E-state index in [0.29, 0.717) is 66.5 Å². The van der Waals surface area contributed by atoms with Gasteiger partial charge in [-0.1, -0.05) is 80.2 Å². The number of aryl methyl sites for hydroxylation is 2. The fraction of sp³-hybridized carbons (Fsp3) is 0.422. The van der Waals surface area contributed by atoms with Crippen molar-refractivity contribution in [2.45, 2.75) is 166 Å². The van der Waals surface area contributed by atoms with Gasteiger partial charge in [-0.25, -0.2) is 28.6 Å². The van der Waals surface area contributed by atoms with Gasteiger partial charge in [-0.15, -0.1) is 12.4 Å². The lowest BCUT2D eigenvalue weighted by Crippen LogP contribution is -2.42. The fourth-order valence-electron chi connectivity index (χ4n) is 10.1. The van der Waals surface area contributed by atoms with Crippen LogP contribution in [0.2, 0.25) is 0 Å². The molecule has 6 N–H and O–H groups in total. The highest BCUT2D eigenvalue weighted by atomic mass is 35.5. The van der Waals surface area contributed by atoms with Gasteiger partial charge in [0.15, 0.2) is 11.3 Å². The van der Waals surface area contributed by atoms with Gasteiger partial charge >= 0.3 is 18.2 Å². The summed E-state index contributed by atoms with van der Waals surface area (Å²) in [5, 5.41) is 16.8. The van der Waals surface area contributed by atoms with Crippen molar-refractivity contribution in [2.75, 3.05) is 12.3 Å². The van der Waals surface area contributed by atoms with E-state index < -0.39 is 23.1 Å². The molecule has 0 bridgehead atoms. The maximum absolute atomic E-state index is 13.0. The first-order valence-electron chi connectivity index (χ1n) is 28.3. The molecule has 22 heteroatoms. The van der Waals surface area contributed by atoms with Crippen LogP contribution in [0.15, 0.2) is 101 Å². The monoisotopic (exact) mass is 1200 g/mol. The number of nitrogen functional groups attached to an aromatic ring is 1. The van der Waals surface area contributed by atoms with E-state index in [1.54, 1.807) is 41.2 Å². The molecule has 8 aromatic rings. The number of benzene rings is 3. The maximum Gasteiger partial charge on any atom is 0.411 e. The zero-order valence-corrected chi connectivity index (χ0v) is 51.5. The van der Waals surface area contributed by atoms with Crippen LogP contribution in [0.1, 0.15) is 161 Å². The molecule has 0 radical (unpaired) electrons. The van der Waals surface area contributed by atoms with Crippen LogP contribution in [0, 0.1) is 33.6 Å². The Morgan fingerprint density at radius 1 is 0.640 bits per heavy atom. The van der Waals surface area contributed by atoms with Crippen LogP contribution in [0.3, 0.4) is 0 Å². The number of fused-ring (bicyclic) bond motifs is 5. The molecule has 86 heavy (non-hydrogen) atoms. The molecule has 0 fully saturated rings. The number of rotatable bonds is 6. The van der Waals surface area contributed by atoms with Crippen LogP contribution in [0.4, 0.5) is 15.4 Å². The number of ether oxygens (including phenoxy) is 3. The van der Waals surface area contributed by atoms with Crippen LogP contribution < -0.4 is 22.2 Å². The summed E-state index contributed by atoms with van der Waals surface area (Å²) in [5.41, 5.74) is 18.4. The number of nitrogens with one attached hydrogen (secondary N) is 4. The summed E-state index contributed by atoms with van der Waals surface area (Å²) in [5.74, 6) is -0.781. The van der Waals surface area contributed by atoms with E-state index >= 15 is 0 Å². The quantitative estimate of drug-likeness (QED) is 0.0589. The topological polar surface area (TPSA) is 270 Å².